The number of amides is 1. The first-order chi connectivity index (χ1) is 8.17. The van der Waals surface area contributed by atoms with E-state index < -0.39 is 0 Å². The molecule has 0 fully saturated rings. The fraction of sp³-hybridized carbons (Fsp3) is 0.267. The summed E-state index contributed by atoms with van der Waals surface area (Å²) in [6.45, 7) is 5.93. The van der Waals surface area contributed by atoms with Crippen molar-refractivity contribution < 1.29 is 4.79 Å². The Morgan fingerprint density at radius 3 is 2.47 bits per heavy atom. The Labute approximate surface area is 103 Å². The number of anilines is 1. The smallest absolute Gasteiger partial charge is 0.251 e. The highest BCUT2D eigenvalue weighted by Gasteiger charge is 2.06. The molecule has 0 unspecified atom stereocenters. The van der Waals surface area contributed by atoms with Gasteiger partial charge in [0.15, 0.2) is 0 Å². The van der Waals surface area contributed by atoms with Gasteiger partial charge in [-0.25, -0.2) is 0 Å². The zero-order valence-corrected chi connectivity index (χ0v) is 10.7. The summed E-state index contributed by atoms with van der Waals surface area (Å²) in [5.41, 5.74) is 2.80. The summed E-state index contributed by atoms with van der Waals surface area (Å²) in [4.78, 5) is 11.9. The molecule has 0 bridgehead atoms. The minimum absolute atomic E-state index is 0.0329. The second-order valence-corrected chi connectivity index (χ2v) is 3.89. The molecule has 0 saturated carbocycles. The fourth-order valence-electron chi connectivity index (χ4n) is 1.41. The standard InChI is InChI=1S/C15H19NO/c1-4-6-7-13(5-2)15(17)16-14-10-8-12(3)9-11-14/h4,6-11H,5H2,1-3H3,(H,16,17)/b6-4-,13-7+. The van der Waals surface area contributed by atoms with Crippen LogP contribution in [0, 0.1) is 6.92 Å². The molecule has 0 aromatic heterocycles. The highest BCUT2D eigenvalue weighted by Crippen LogP contribution is 2.11. The molecule has 0 aliphatic carbocycles. The van der Waals surface area contributed by atoms with Crippen LogP contribution >= 0.6 is 0 Å². The number of carbonyl (C=O) groups is 1. The largest absolute Gasteiger partial charge is 0.322 e. The maximum absolute atomic E-state index is 11.9. The number of rotatable bonds is 4. The molecule has 0 atom stereocenters. The second kappa shape index (κ2) is 6.69. The summed E-state index contributed by atoms with van der Waals surface area (Å²) in [5, 5.41) is 2.89. The van der Waals surface area contributed by atoms with Crippen molar-refractivity contribution in [1.29, 1.82) is 0 Å². The van der Waals surface area contributed by atoms with Gasteiger partial charge >= 0.3 is 0 Å². The van der Waals surface area contributed by atoms with Crippen molar-refractivity contribution in [3.05, 3.63) is 53.6 Å². The van der Waals surface area contributed by atoms with Crippen LogP contribution in [0.2, 0.25) is 0 Å². The Morgan fingerprint density at radius 2 is 1.94 bits per heavy atom. The molecule has 1 amide bonds. The van der Waals surface area contributed by atoms with Crippen LogP contribution in [0.1, 0.15) is 25.8 Å². The van der Waals surface area contributed by atoms with Crippen molar-refractivity contribution in [3.63, 3.8) is 0 Å². The maximum atomic E-state index is 11.9. The van der Waals surface area contributed by atoms with Crippen molar-refractivity contribution in [2.75, 3.05) is 5.32 Å². The van der Waals surface area contributed by atoms with Crippen LogP contribution in [0.25, 0.3) is 0 Å². The molecule has 2 nitrogen and oxygen atoms in total. The number of hydrogen-bond donors (Lipinski definition) is 1. The first-order valence-corrected chi connectivity index (χ1v) is 5.87. The highest BCUT2D eigenvalue weighted by molar-refractivity contribution is 6.03. The predicted octanol–water partition coefficient (Wildman–Crippen LogP) is 3.85. The summed E-state index contributed by atoms with van der Waals surface area (Å²) in [7, 11) is 0. The minimum atomic E-state index is -0.0329. The molecule has 0 aliphatic heterocycles. The van der Waals surface area contributed by atoms with E-state index in [1.54, 1.807) is 0 Å². The number of nitrogens with one attached hydrogen (secondary N) is 1. The Kier molecular flexibility index (Phi) is 5.21. The van der Waals surface area contributed by atoms with Crippen molar-refractivity contribution in [3.8, 4) is 0 Å². The summed E-state index contributed by atoms with van der Waals surface area (Å²) in [6.07, 6.45) is 6.37. The second-order valence-electron chi connectivity index (χ2n) is 3.89. The maximum Gasteiger partial charge on any atom is 0.251 e. The summed E-state index contributed by atoms with van der Waals surface area (Å²) in [6, 6.07) is 7.79. The molecule has 0 spiro atoms. The third-order valence-corrected chi connectivity index (χ3v) is 2.47. The van der Waals surface area contributed by atoms with E-state index in [9.17, 15) is 4.79 Å². The predicted molar refractivity (Wildman–Crippen MR) is 73.0 cm³/mol. The van der Waals surface area contributed by atoms with Crippen LogP contribution in [-0.4, -0.2) is 5.91 Å². The summed E-state index contributed by atoms with van der Waals surface area (Å²) in [5.74, 6) is -0.0329. The lowest BCUT2D eigenvalue weighted by Gasteiger charge is -2.07. The van der Waals surface area contributed by atoms with Gasteiger partial charge in [0.25, 0.3) is 5.91 Å². The van der Waals surface area contributed by atoms with E-state index in [4.69, 9.17) is 0 Å². The summed E-state index contributed by atoms with van der Waals surface area (Å²) >= 11 is 0. The van der Waals surface area contributed by atoms with Crippen molar-refractivity contribution >= 4 is 11.6 Å². The molecular formula is C15H19NO. The van der Waals surface area contributed by atoms with Gasteiger partial charge in [-0.15, -0.1) is 0 Å². The number of aryl methyl sites for hydroxylation is 1. The normalized spacial score (nSPS) is 11.8. The van der Waals surface area contributed by atoms with Gasteiger partial charge in [0.2, 0.25) is 0 Å². The lowest BCUT2D eigenvalue weighted by atomic mass is 10.1. The minimum Gasteiger partial charge on any atom is -0.322 e. The highest BCUT2D eigenvalue weighted by atomic mass is 16.1. The summed E-state index contributed by atoms with van der Waals surface area (Å²) < 4.78 is 0. The topological polar surface area (TPSA) is 29.1 Å². The van der Waals surface area contributed by atoms with Crippen LogP contribution in [-0.2, 0) is 4.79 Å². The molecule has 17 heavy (non-hydrogen) atoms. The average molecular weight is 229 g/mol. The van der Waals surface area contributed by atoms with Gasteiger partial charge in [-0.3, -0.25) is 4.79 Å². The fourth-order valence-corrected chi connectivity index (χ4v) is 1.41. The quantitative estimate of drug-likeness (QED) is 0.616. The monoisotopic (exact) mass is 229 g/mol. The molecule has 1 rings (SSSR count). The average Bonchev–Trinajstić information content (AvgIpc) is 2.33. The number of hydrogen-bond acceptors (Lipinski definition) is 1. The Morgan fingerprint density at radius 1 is 1.29 bits per heavy atom. The zero-order chi connectivity index (χ0) is 12.7. The molecule has 90 valence electrons. The SMILES string of the molecule is C/C=C\C=C(/CC)C(=O)Nc1ccc(C)cc1. The van der Waals surface area contributed by atoms with Crippen LogP contribution in [0.5, 0.6) is 0 Å². The van der Waals surface area contributed by atoms with Gasteiger partial charge in [0.1, 0.15) is 0 Å². The van der Waals surface area contributed by atoms with E-state index in [1.165, 1.54) is 5.56 Å². The Bertz CT molecular complexity index is 427. The molecule has 0 radical (unpaired) electrons. The van der Waals surface area contributed by atoms with Gasteiger partial charge in [-0.1, -0.05) is 42.8 Å². The van der Waals surface area contributed by atoms with Crippen LogP contribution in [0.3, 0.4) is 0 Å². The lowest BCUT2D eigenvalue weighted by Crippen LogP contribution is -2.13. The van der Waals surface area contributed by atoms with Gasteiger partial charge in [-0.05, 0) is 32.4 Å². The van der Waals surface area contributed by atoms with E-state index in [1.807, 2.05) is 63.3 Å². The molecule has 1 N–H and O–H groups in total. The lowest BCUT2D eigenvalue weighted by molar-refractivity contribution is -0.112. The Balaban J connectivity index is 2.74. The van der Waals surface area contributed by atoms with Gasteiger partial charge < -0.3 is 5.32 Å². The zero-order valence-electron chi connectivity index (χ0n) is 10.7. The van der Waals surface area contributed by atoms with Crippen LogP contribution in [0.4, 0.5) is 5.69 Å². The number of carbonyl (C=O) groups excluding carboxylic acids is 1. The molecule has 2 heteroatoms. The van der Waals surface area contributed by atoms with Gasteiger partial charge in [-0.2, -0.15) is 0 Å². The number of benzene rings is 1. The van der Waals surface area contributed by atoms with E-state index in [0.717, 1.165) is 17.7 Å². The number of allylic oxidation sites excluding steroid dienone is 3. The molecular weight excluding hydrogens is 210 g/mol. The van der Waals surface area contributed by atoms with Crippen LogP contribution < -0.4 is 5.32 Å². The van der Waals surface area contributed by atoms with Crippen molar-refractivity contribution in [1.82, 2.24) is 0 Å². The molecule has 1 aromatic rings. The third-order valence-electron chi connectivity index (χ3n) is 2.47. The van der Waals surface area contributed by atoms with E-state index in [2.05, 4.69) is 5.32 Å². The Hall–Kier alpha value is -1.83. The van der Waals surface area contributed by atoms with Crippen molar-refractivity contribution in [2.45, 2.75) is 27.2 Å². The molecule has 0 heterocycles. The third kappa shape index (κ3) is 4.27. The van der Waals surface area contributed by atoms with Crippen molar-refractivity contribution in [2.24, 2.45) is 0 Å². The van der Waals surface area contributed by atoms with Gasteiger partial charge in [0.05, 0.1) is 0 Å². The molecule has 1 aromatic carbocycles. The molecule has 0 aliphatic rings. The first kappa shape index (κ1) is 13.2. The van der Waals surface area contributed by atoms with E-state index in [-0.39, 0.29) is 5.91 Å². The first-order valence-electron chi connectivity index (χ1n) is 5.87. The van der Waals surface area contributed by atoms with Gasteiger partial charge in [0, 0.05) is 11.3 Å². The van der Waals surface area contributed by atoms with Crippen LogP contribution in [0.15, 0.2) is 48.1 Å². The molecule has 0 saturated heterocycles. The van der Waals surface area contributed by atoms with E-state index >= 15 is 0 Å². The van der Waals surface area contributed by atoms with E-state index in [0.29, 0.717) is 0 Å².